The van der Waals surface area contributed by atoms with Gasteiger partial charge in [0.1, 0.15) is 5.78 Å². The second-order valence-electron chi connectivity index (χ2n) is 3.30. The lowest BCUT2D eigenvalue weighted by atomic mass is 9.85. The molecule has 1 aliphatic carbocycles. The molecule has 0 aromatic heterocycles. The van der Waals surface area contributed by atoms with Crippen molar-refractivity contribution in [1.82, 2.24) is 0 Å². The lowest BCUT2D eigenvalue weighted by Gasteiger charge is -2.27. The van der Waals surface area contributed by atoms with E-state index in [1.54, 1.807) is 0 Å². The number of hydrogen-bond donors (Lipinski definition) is 0. The summed E-state index contributed by atoms with van der Waals surface area (Å²) in [5, 5.41) is 0. The summed E-state index contributed by atoms with van der Waals surface area (Å²) in [6.45, 7) is 0.653. The SMILES string of the molecule is O=C1CCN=C2C(Br)=CC(Br)CC12. The van der Waals surface area contributed by atoms with Crippen molar-refractivity contribution in [3.63, 3.8) is 0 Å². The number of allylic oxidation sites excluding steroid dienone is 2. The monoisotopic (exact) mass is 305 g/mol. The van der Waals surface area contributed by atoms with Crippen molar-refractivity contribution >= 4 is 43.4 Å². The molecule has 2 nitrogen and oxygen atoms in total. The minimum absolute atomic E-state index is 0.0255. The quantitative estimate of drug-likeness (QED) is 0.632. The molecular formula is C9H9Br2NO. The highest BCUT2D eigenvalue weighted by molar-refractivity contribution is 9.12. The molecule has 0 aromatic rings. The van der Waals surface area contributed by atoms with E-state index in [4.69, 9.17) is 0 Å². The molecule has 0 aromatic carbocycles. The van der Waals surface area contributed by atoms with Crippen molar-refractivity contribution in [2.45, 2.75) is 17.7 Å². The van der Waals surface area contributed by atoms with Crippen LogP contribution >= 0.6 is 31.9 Å². The van der Waals surface area contributed by atoms with Gasteiger partial charge in [0.25, 0.3) is 0 Å². The molecule has 0 radical (unpaired) electrons. The molecule has 0 saturated carbocycles. The van der Waals surface area contributed by atoms with Gasteiger partial charge in [0.15, 0.2) is 0 Å². The van der Waals surface area contributed by atoms with E-state index in [0.29, 0.717) is 23.6 Å². The molecule has 13 heavy (non-hydrogen) atoms. The van der Waals surface area contributed by atoms with E-state index in [-0.39, 0.29) is 5.92 Å². The van der Waals surface area contributed by atoms with Crippen LogP contribution < -0.4 is 0 Å². The predicted molar refractivity (Wildman–Crippen MR) is 59.8 cm³/mol. The van der Waals surface area contributed by atoms with Gasteiger partial charge in [-0.2, -0.15) is 0 Å². The molecule has 70 valence electrons. The van der Waals surface area contributed by atoms with Crippen molar-refractivity contribution in [1.29, 1.82) is 0 Å². The average Bonchev–Trinajstić information content (AvgIpc) is 2.07. The summed E-state index contributed by atoms with van der Waals surface area (Å²) in [5.74, 6) is 0.358. The van der Waals surface area contributed by atoms with E-state index >= 15 is 0 Å². The zero-order chi connectivity index (χ0) is 9.42. The van der Waals surface area contributed by atoms with Crippen LogP contribution in [-0.2, 0) is 4.79 Å². The molecule has 2 atom stereocenters. The van der Waals surface area contributed by atoms with Gasteiger partial charge in [-0.05, 0) is 22.4 Å². The number of fused-ring (bicyclic) bond motifs is 1. The van der Waals surface area contributed by atoms with Crippen LogP contribution in [-0.4, -0.2) is 22.9 Å². The van der Waals surface area contributed by atoms with E-state index in [2.05, 4.69) is 42.9 Å². The molecular weight excluding hydrogens is 298 g/mol. The molecule has 0 saturated heterocycles. The second-order valence-corrected chi connectivity index (χ2v) is 5.33. The summed E-state index contributed by atoms with van der Waals surface area (Å²) in [6.07, 6.45) is 3.52. The van der Waals surface area contributed by atoms with Gasteiger partial charge >= 0.3 is 0 Å². The molecule has 2 unspecified atom stereocenters. The first-order valence-electron chi connectivity index (χ1n) is 4.27. The molecule has 0 bridgehead atoms. The van der Waals surface area contributed by atoms with Crippen molar-refractivity contribution in [3.05, 3.63) is 10.6 Å². The van der Waals surface area contributed by atoms with Crippen LogP contribution in [0.25, 0.3) is 0 Å². The molecule has 1 heterocycles. The summed E-state index contributed by atoms with van der Waals surface area (Å²) in [4.78, 5) is 16.2. The topological polar surface area (TPSA) is 29.4 Å². The van der Waals surface area contributed by atoms with E-state index in [1.807, 2.05) is 0 Å². The normalized spacial score (nSPS) is 33.5. The van der Waals surface area contributed by atoms with Crippen LogP contribution in [0, 0.1) is 5.92 Å². The summed E-state index contributed by atoms with van der Waals surface area (Å²) in [6, 6.07) is 0. The number of alkyl halides is 1. The third-order valence-corrected chi connectivity index (χ3v) is 3.70. The summed E-state index contributed by atoms with van der Waals surface area (Å²) >= 11 is 6.95. The summed E-state index contributed by atoms with van der Waals surface area (Å²) in [7, 11) is 0. The number of carbonyl (C=O) groups excluding carboxylic acids is 1. The third-order valence-electron chi connectivity index (χ3n) is 2.39. The van der Waals surface area contributed by atoms with Crippen LogP contribution in [0.4, 0.5) is 0 Å². The fourth-order valence-corrected chi connectivity index (χ4v) is 3.46. The number of aliphatic imine (C=N–C) groups is 1. The number of carbonyl (C=O) groups is 1. The number of halogens is 2. The highest BCUT2D eigenvalue weighted by Crippen LogP contribution is 2.32. The lowest BCUT2D eigenvalue weighted by Crippen LogP contribution is -2.33. The molecule has 0 spiro atoms. The van der Waals surface area contributed by atoms with Gasteiger partial charge in [-0.15, -0.1) is 0 Å². The highest BCUT2D eigenvalue weighted by Gasteiger charge is 2.33. The fraction of sp³-hybridized carbons (Fsp3) is 0.556. The number of Topliss-reactive ketones (excluding diaryl/α,β-unsaturated/α-hetero) is 1. The van der Waals surface area contributed by atoms with Crippen LogP contribution in [0.1, 0.15) is 12.8 Å². The third kappa shape index (κ3) is 1.79. The molecule has 0 fully saturated rings. The largest absolute Gasteiger partial charge is 0.299 e. The standard InChI is InChI=1S/C9H9Br2NO/c10-5-3-6-8(13)1-2-12-9(6)7(11)4-5/h4-6H,1-3H2. The average molecular weight is 307 g/mol. The Labute approximate surface area is 93.7 Å². The van der Waals surface area contributed by atoms with Crippen LogP contribution in [0.2, 0.25) is 0 Å². The second kappa shape index (κ2) is 3.65. The molecule has 2 rings (SSSR count). The maximum absolute atomic E-state index is 11.6. The smallest absolute Gasteiger partial charge is 0.143 e. The van der Waals surface area contributed by atoms with Crippen molar-refractivity contribution in [2.24, 2.45) is 10.9 Å². The number of hydrogen-bond acceptors (Lipinski definition) is 2. The van der Waals surface area contributed by atoms with Crippen molar-refractivity contribution in [3.8, 4) is 0 Å². The number of nitrogens with zero attached hydrogens (tertiary/aromatic N) is 1. The Balaban J connectivity index is 2.37. The highest BCUT2D eigenvalue weighted by atomic mass is 79.9. The Hall–Kier alpha value is 0.0400. The Morgan fingerprint density at radius 3 is 3.08 bits per heavy atom. The number of ketones is 1. The zero-order valence-electron chi connectivity index (χ0n) is 6.96. The summed E-state index contributed by atoms with van der Waals surface area (Å²) in [5.41, 5.74) is 0.951. The molecule has 4 heteroatoms. The van der Waals surface area contributed by atoms with Gasteiger partial charge in [0, 0.05) is 22.3 Å². The van der Waals surface area contributed by atoms with Gasteiger partial charge < -0.3 is 0 Å². The molecule has 0 N–H and O–H groups in total. The first-order chi connectivity index (χ1) is 6.18. The van der Waals surface area contributed by atoms with E-state index in [9.17, 15) is 4.79 Å². The molecule has 0 amide bonds. The maximum atomic E-state index is 11.6. The van der Waals surface area contributed by atoms with E-state index < -0.39 is 0 Å². The minimum Gasteiger partial charge on any atom is -0.299 e. The Morgan fingerprint density at radius 1 is 1.54 bits per heavy atom. The zero-order valence-corrected chi connectivity index (χ0v) is 10.1. The lowest BCUT2D eigenvalue weighted by molar-refractivity contribution is -0.121. The molecule has 2 aliphatic rings. The van der Waals surface area contributed by atoms with Crippen molar-refractivity contribution < 1.29 is 4.79 Å². The first kappa shape index (κ1) is 9.59. The Kier molecular flexibility index (Phi) is 2.70. The fourth-order valence-electron chi connectivity index (χ4n) is 1.75. The van der Waals surface area contributed by atoms with Gasteiger partial charge in [0.05, 0.1) is 11.6 Å². The Morgan fingerprint density at radius 2 is 2.31 bits per heavy atom. The van der Waals surface area contributed by atoms with Gasteiger partial charge in [-0.25, -0.2) is 0 Å². The van der Waals surface area contributed by atoms with E-state index in [1.165, 1.54) is 0 Å². The number of rotatable bonds is 0. The predicted octanol–water partition coefficient (Wildman–Crippen LogP) is 2.46. The first-order valence-corrected chi connectivity index (χ1v) is 5.98. The van der Waals surface area contributed by atoms with Crippen LogP contribution in [0.3, 0.4) is 0 Å². The maximum Gasteiger partial charge on any atom is 0.143 e. The van der Waals surface area contributed by atoms with E-state index in [0.717, 1.165) is 16.6 Å². The van der Waals surface area contributed by atoms with Crippen LogP contribution in [0.5, 0.6) is 0 Å². The van der Waals surface area contributed by atoms with Gasteiger partial charge in [-0.1, -0.05) is 22.0 Å². The summed E-state index contributed by atoms with van der Waals surface area (Å²) < 4.78 is 0.985. The van der Waals surface area contributed by atoms with Crippen molar-refractivity contribution in [2.75, 3.05) is 6.54 Å². The van der Waals surface area contributed by atoms with Crippen LogP contribution in [0.15, 0.2) is 15.6 Å². The molecule has 1 aliphatic heterocycles. The Bertz CT molecular complexity index is 309. The van der Waals surface area contributed by atoms with Gasteiger partial charge in [0.2, 0.25) is 0 Å². The minimum atomic E-state index is 0.0255. The van der Waals surface area contributed by atoms with Gasteiger partial charge in [-0.3, -0.25) is 9.79 Å².